The van der Waals surface area contributed by atoms with E-state index >= 15 is 0 Å². The molecule has 1 saturated heterocycles. The molecule has 2 aromatic heterocycles. The molecule has 0 bridgehead atoms. The fourth-order valence-electron chi connectivity index (χ4n) is 4.07. The summed E-state index contributed by atoms with van der Waals surface area (Å²) in [7, 11) is 0. The number of nitrogens with one attached hydrogen (secondary N) is 1. The van der Waals surface area contributed by atoms with Crippen molar-refractivity contribution in [3.63, 3.8) is 0 Å². The lowest BCUT2D eigenvalue weighted by Crippen LogP contribution is -2.46. The van der Waals surface area contributed by atoms with Gasteiger partial charge >= 0.3 is 5.69 Å². The Balaban J connectivity index is 1.22. The second-order valence-corrected chi connectivity index (χ2v) is 8.89. The van der Waals surface area contributed by atoms with E-state index in [2.05, 4.69) is 26.3 Å². The summed E-state index contributed by atoms with van der Waals surface area (Å²) in [6, 6.07) is 10.0. The van der Waals surface area contributed by atoms with E-state index in [4.69, 9.17) is 9.47 Å². The first-order chi connectivity index (χ1) is 16.2. The van der Waals surface area contributed by atoms with Gasteiger partial charge in [-0.2, -0.15) is 0 Å². The Kier molecular flexibility index (Phi) is 6.22. The maximum atomic E-state index is 11.9. The van der Waals surface area contributed by atoms with Gasteiger partial charge < -0.3 is 19.7 Å². The Morgan fingerprint density at radius 3 is 2.76 bits per heavy atom. The van der Waals surface area contributed by atoms with Crippen LogP contribution in [0.1, 0.15) is 10.4 Å². The van der Waals surface area contributed by atoms with Crippen LogP contribution in [0.2, 0.25) is 0 Å². The lowest BCUT2D eigenvalue weighted by atomic mass is 10.1. The first-order valence-electron chi connectivity index (χ1n) is 10.8. The zero-order chi connectivity index (χ0) is 22.6. The molecular weight excluding hydrogens is 444 g/mol. The van der Waals surface area contributed by atoms with E-state index in [1.807, 2.05) is 34.5 Å². The molecule has 0 radical (unpaired) electrons. The molecule has 2 aliphatic heterocycles. The molecular formula is C22H24N6O4S. The molecule has 11 heteroatoms. The molecule has 0 spiro atoms. The van der Waals surface area contributed by atoms with E-state index in [0.29, 0.717) is 25.5 Å². The number of piperazine rings is 1. The van der Waals surface area contributed by atoms with E-state index in [0.717, 1.165) is 43.1 Å². The minimum absolute atomic E-state index is 0.0621. The summed E-state index contributed by atoms with van der Waals surface area (Å²) in [5.41, 5.74) is 1.09. The van der Waals surface area contributed by atoms with E-state index in [1.165, 1.54) is 11.2 Å². The third kappa shape index (κ3) is 4.83. The standard InChI is InChI=1S/C22H24N6O4S/c29-28(30)20-21(23-6-5-17-2-1-11-33-17)24-14-25-22(20)27-9-7-26(8-10-27)13-16-3-4-18-19(12-16)32-15-31-18/h1-4,11-12,14H,5-10,13,15H2,(H,23,24,25). The van der Waals surface area contributed by atoms with Crippen LogP contribution in [-0.4, -0.2) is 59.3 Å². The summed E-state index contributed by atoms with van der Waals surface area (Å²) in [4.78, 5) is 25.5. The Bertz CT molecular complexity index is 1120. The van der Waals surface area contributed by atoms with Crippen molar-refractivity contribution < 1.29 is 14.4 Å². The third-order valence-corrected chi connectivity index (χ3v) is 6.68. The lowest BCUT2D eigenvalue weighted by Gasteiger charge is -2.35. The molecule has 0 unspecified atom stereocenters. The molecule has 1 N–H and O–H groups in total. The Morgan fingerprint density at radius 2 is 1.97 bits per heavy atom. The molecule has 0 atom stereocenters. The summed E-state index contributed by atoms with van der Waals surface area (Å²) in [5.74, 6) is 2.20. The van der Waals surface area contributed by atoms with Crippen LogP contribution < -0.4 is 19.7 Å². The maximum Gasteiger partial charge on any atom is 0.353 e. The fraction of sp³-hybridized carbons (Fsp3) is 0.364. The van der Waals surface area contributed by atoms with Crippen molar-refractivity contribution in [3.05, 3.63) is 62.6 Å². The van der Waals surface area contributed by atoms with Crippen LogP contribution in [0.4, 0.5) is 17.3 Å². The molecule has 33 heavy (non-hydrogen) atoms. The minimum Gasteiger partial charge on any atom is -0.454 e. The van der Waals surface area contributed by atoms with Crippen molar-refractivity contribution in [2.24, 2.45) is 0 Å². The van der Waals surface area contributed by atoms with E-state index < -0.39 is 0 Å². The number of aromatic nitrogens is 2. The first kappa shape index (κ1) is 21.4. The first-order valence-corrected chi connectivity index (χ1v) is 11.7. The van der Waals surface area contributed by atoms with Gasteiger partial charge in [0.25, 0.3) is 0 Å². The summed E-state index contributed by atoms with van der Waals surface area (Å²) in [6.45, 7) is 4.47. The van der Waals surface area contributed by atoms with Crippen LogP contribution in [0.15, 0.2) is 42.0 Å². The lowest BCUT2D eigenvalue weighted by molar-refractivity contribution is -0.383. The highest BCUT2D eigenvalue weighted by Crippen LogP contribution is 2.34. The SMILES string of the molecule is O=[N+]([O-])c1c(NCCc2cccs2)ncnc1N1CCN(Cc2ccc3c(c2)OCO3)CC1. The molecule has 0 saturated carbocycles. The van der Waals surface area contributed by atoms with Gasteiger partial charge in [-0.3, -0.25) is 15.0 Å². The zero-order valence-electron chi connectivity index (χ0n) is 18.0. The second kappa shape index (κ2) is 9.59. The number of anilines is 2. The Labute approximate surface area is 194 Å². The summed E-state index contributed by atoms with van der Waals surface area (Å²) < 4.78 is 10.8. The van der Waals surface area contributed by atoms with Gasteiger partial charge in [-0.15, -0.1) is 11.3 Å². The number of fused-ring (bicyclic) bond motifs is 1. The number of benzene rings is 1. The highest BCUT2D eigenvalue weighted by atomic mass is 32.1. The average molecular weight is 469 g/mol. The predicted octanol–water partition coefficient (Wildman–Crippen LogP) is 3.15. The van der Waals surface area contributed by atoms with Gasteiger partial charge in [0.15, 0.2) is 11.5 Å². The number of hydrogen-bond donors (Lipinski definition) is 1. The molecule has 4 heterocycles. The number of ether oxygens (including phenoxy) is 2. The zero-order valence-corrected chi connectivity index (χ0v) is 18.8. The van der Waals surface area contributed by atoms with Crippen molar-refractivity contribution in [1.29, 1.82) is 0 Å². The van der Waals surface area contributed by atoms with E-state index in [1.54, 1.807) is 11.3 Å². The van der Waals surface area contributed by atoms with E-state index in [-0.39, 0.29) is 23.2 Å². The van der Waals surface area contributed by atoms with Crippen molar-refractivity contribution in [2.75, 3.05) is 49.7 Å². The molecule has 1 aromatic carbocycles. The Morgan fingerprint density at radius 1 is 1.12 bits per heavy atom. The minimum atomic E-state index is -0.387. The highest BCUT2D eigenvalue weighted by Gasteiger charge is 2.29. The maximum absolute atomic E-state index is 11.9. The van der Waals surface area contributed by atoms with Gasteiger partial charge in [0, 0.05) is 44.1 Å². The molecule has 0 aliphatic carbocycles. The van der Waals surface area contributed by atoms with Crippen LogP contribution in [-0.2, 0) is 13.0 Å². The molecule has 10 nitrogen and oxygen atoms in total. The number of nitrogens with zero attached hydrogens (tertiary/aromatic N) is 5. The largest absolute Gasteiger partial charge is 0.454 e. The monoisotopic (exact) mass is 468 g/mol. The normalized spacial score (nSPS) is 15.6. The van der Waals surface area contributed by atoms with Gasteiger partial charge in [0.1, 0.15) is 6.33 Å². The average Bonchev–Trinajstić information content (AvgIpc) is 3.51. The summed E-state index contributed by atoms with van der Waals surface area (Å²) >= 11 is 1.67. The van der Waals surface area contributed by atoms with Gasteiger partial charge in [-0.1, -0.05) is 12.1 Å². The highest BCUT2D eigenvalue weighted by molar-refractivity contribution is 7.09. The van der Waals surface area contributed by atoms with E-state index in [9.17, 15) is 10.1 Å². The molecule has 5 rings (SSSR count). The third-order valence-electron chi connectivity index (χ3n) is 5.74. The second-order valence-electron chi connectivity index (χ2n) is 7.86. The van der Waals surface area contributed by atoms with Crippen molar-refractivity contribution in [3.8, 4) is 11.5 Å². The predicted molar refractivity (Wildman–Crippen MR) is 125 cm³/mol. The van der Waals surface area contributed by atoms with Gasteiger partial charge in [-0.05, 0) is 35.6 Å². The number of hydrogen-bond acceptors (Lipinski definition) is 10. The molecule has 0 amide bonds. The van der Waals surface area contributed by atoms with Crippen LogP contribution >= 0.6 is 11.3 Å². The fourth-order valence-corrected chi connectivity index (χ4v) is 4.78. The van der Waals surface area contributed by atoms with Crippen LogP contribution in [0, 0.1) is 10.1 Å². The number of thiophene rings is 1. The smallest absolute Gasteiger partial charge is 0.353 e. The molecule has 3 aromatic rings. The van der Waals surface area contributed by atoms with Crippen LogP contribution in [0.5, 0.6) is 11.5 Å². The van der Waals surface area contributed by atoms with Gasteiger partial charge in [-0.25, -0.2) is 9.97 Å². The Hall–Kier alpha value is -3.44. The van der Waals surface area contributed by atoms with Crippen molar-refractivity contribution in [1.82, 2.24) is 14.9 Å². The quantitative estimate of drug-likeness (QED) is 0.394. The molecule has 172 valence electrons. The van der Waals surface area contributed by atoms with Crippen LogP contribution in [0.25, 0.3) is 0 Å². The van der Waals surface area contributed by atoms with Crippen LogP contribution in [0.3, 0.4) is 0 Å². The van der Waals surface area contributed by atoms with Gasteiger partial charge in [0.2, 0.25) is 18.4 Å². The molecule has 2 aliphatic rings. The molecule has 1 fully saturated rings. The van der Waals surface area contributed by atoms with Crippen molar-refractivity contribution in [2.45, 2.75) is 13.0 Å². The number of nitro groups is 1. The van der Waals surface area contributed by atoms with Crippen molar-refractivity contribution >= 4 is 28.7 Å². The summed E-state index contributed by atoms with van der Waals surface area (Å²) in [5, 5.41) is 17.1. The van der Waals surface area contributed by atoms with Gasteiger partial charge in [0.05, 0.1) is 4.92 Å². The summed E-state index contributed by atoms with van der Waals surface area (Å²) in [6.07, 6.45) is 2.18. The topological polar surface area (TPSA) is 106 Å². The number of rotatable bonds is 8.